The predicted molar refractivity (Wildman–Crippen MR) is 36.6 cm³/mol. The quantitative estimate of drug-likeness (QED) is 0.518. The normalized spacial score (nSPS) is 10.4. The van der Waals surface area contributed by atoms with Crippen molar-refractivity contribution in [1.82, 2.24) is 0 Å². The maximum atomic E-state index is 10.2. The Balaban J connectivity index is 2.98. The summed E-state index contributed by atoms with van der Waals surface area (Å²) in [5.41, 5.74) is 1.52. The van der Waals surface area contributed by atoms with E-state index in [0.717, 1.165) is 11.8 Å². The molecule has 0 saturated carbocycles. The Morgan fingerprint density at radius 3 is 3.22 bits per heavy atom. The van der Waals surface area contributed by atoms with Crippen molar-refractivity contribution in [2.24, 2.45) is 0 Å². The third kappa shape index (κ3) is 1.39. The first-order valence-electron chi connectivity index (χ1n) is 3.41. The SMILES string of the molecule is [2H]Cc1cccc(C=O)c1. The Bertz CT molecular complexity index is 232. The van der Waals surface area contributed by atoms with E-state index < -0.39 is 0 Å². The maximum Gasteiger partial charge on any atom is 0.150 e. The van der Waals surface area contributed by atoms with Gasteiger partial charge in [-0.25, -0.2) is 0 Å². The summed E-state index contributed by atoms with van der Waals surface area (Å²) in [6.07, 6.45) is 0.791. The van der Waals surface area contributed by atoms with Gasteiger partial charge in [0.15, 0.2) is 0 Å². The molecule has 9 heavy (non-hydrogen) atoms. The van der Waals surface area contributed by atoms with Gasteiger partial charge in [0.1, 0.15) is 6.29 Å². The molecule has 1 aromatic rings. The Morgan fingerprint density at radius 1 is 1.67 bits per heavy atom. The van der Waals surface area contributed by atoms with Gasteiger partial charge in [0.2, 0.25) is 0 Å². The lowest BCUT2D eigenvalue weighted by atomic mass is 10.2. The van der Waals surface area contributed by atoms with Crippen molar-refractivity contribution in [2.45, 2.75) is 6.90 Å². The van der Waals surface area contributed by atoms with Gasteiger partial charge in [-0.05, 0) is 13.0 Å². The van der Waals surface area contributed by atoms with Gasteiger partial charge >= 0.3 is 0 Å². The van der Waals surface area contributed by atoms with Crippen LogP contribution in [0.5, 0.6) is 0 Å². The van der Waals surface area contributed by atoms with Crippen molar-refractivity contribution in [3.8, 4) is 0 Å². The third-order valence-corrected chi connectivity index (χ3v) is 1.09. The van der Waals surface area contributed by atoms with E-state index in [0.29, 0.717) is 5.56 Å². The van der Waals surface area contributed by atoms with Crippen molar-refractivity contribution in [3.05, 3.63) is 35.4 Å². The zero-order valence-corrected chi connectivity index (χ0v) is 5.00. The highest BCUT2D eigenvalue weighted by molar-refractivity contribution is 5.74. The van der Waals surface area contributed by atoms with E-state index >= 15 is 0 Å². The summed E-state index contributed by atoms with van der Waals surface area (Å²) in [5, 5.41) is 0. The molecule has 0 amide bonds. The molecule has 1 heteroatoms. The van der Waals surface area contributed by atoms with Gasteiger partial charge in [0, 0.05) is 6.93 Å². The van der Waals surface area contributed by atoms with E-state index in [9.17, 15) is 4.79 Å². The fourth-order valence-corrected chi connectivity index (χ4v) is 0.666. The fourth-order valence-electron chi connectivity index (χ4n) is 0.666. The highest BCUT2D eigenvalue weighted by atomic mass is 16.1. The van der Waals surface area contributed by atoms with E-state index in [1.807, 2.05) is 6.07 Å². The molecule has 1 nitrogen and oxygen atoms in total. The van der Waals surface area contributed by atoms with Crippen LogP contribution in [0, 0.1) is 6.90 Å². The molecule has 0 fully saturated rings. The molecule has 0 saturated heterocycles. The minimum Gasteiger partial charge on any atom is -0.298 e. The van der Waals surface area contributed by atoms with E-state index in [1.54, 1.807) is 18.2 Å². The molecular weight excluding hydrogens is 112 g/mol. The summed E-state index contributed by atoms with van der Waals surface area (Å²) in [4.78, 5) is 10.2. The van der Waals surface area contributed by atoms with Crippen molar-refractivity contribution >= 4 is 6.29 Å². The van der Waals surface area contributed by atoms with Crippen LogP contribution in [0.15, 0.2) is 24.3 Å². The zero-order chi connectivity index (χ0) is 7.40. The minimum absolute atomic E-state index is 0.238. The van der Waals surface area contributed by atoms with Crippen LogP contribution < -0.4 is 0 Å². The summed E-state index contributed by atoms with van der Waals surface area (Å²) in [6.45, 7) is 0.238. The first kappa shape index (κ1) is 4.74. The van der Waals surface area contributed by atoms with Gasteiger partial charge in [-0.1, -0.05) is 23.8 Å². The molecule has 0 aromatic heterocycles. The first-order valence-corrected chi connectivity index (χ1v) is 2.70. The highest BCUT2D eigenvalue weighted by Gasteiger charge is 1.86. The smallest absolute Gasteiger partial charge is 0.150 e. The summed E-state index contributed by atoms with van der Waals surface area (Å²) in [5.74, 6) is 0. The van der Waals surface area contributed by atoms with E-state index in [4.69, 9.17) is 1.37 Å². The molecule has 0 heterocycles. The average Bonchev–Trinajstić information content (AvgIpc) is 2.05. The molecule has 0 atom stereocenters. The van der Waals surface area contributed by atoms with E-state index in [-0.39, 0.29) is 6.90 Å². The van der Waals surface area contributed by atoms with Crippen LogP contribution in [0.2, 0.25) is 0 Å². The van der Waals surface area contributed by atoms with Crippen molar-refractivity contribution < 1.29 is 6.17 Å². The summed E-state index contributed by atoms with van der Waals surface area (Å²) in [7, 11) is 0. The van der Waals surface area contributed by atoms with Gasteiger partial charge in [-0.2, -0.15) is 0 Å². The van der Waals surface area contributed by atoms with Gasteiger partial charge < -0.3 is 0 Å². The molecule has 1 rings (SSSR count). The molecule has 0 spiro atoms. The largest absolute Gasteiger partial charge is 0.298 e. The maximum absolute atomic E-state index is 10.2. The van der Waals surface area contributed by atoms with Gasteiger partial charge in [0.25, 0.3) is 0 Å². The Morgan fingerprint density at radius 2 is 2.56 bits per heavy atom. The zero-order valence-electron chi connectivity index (χ0n) is 6.00. The molecular formula is C8H8O. The molecule has 0 aliphatic carbocycles. The molecule has 0 bridgehead atoms. The molecule has 0 aliphatic rings. The van der Waals surface area contributed by atoms with Crippen molar-refractivity contribution in [1.29, 1.82) is 0 Å². The van der Waals surface area contributed by atoms with E-state index in [1.165, 1.54) is 0 Å². The van der Waals surface area contributed by atoms with Crippen LogP contribution in [0.1, 0.15) is 17.3 Å². The number of hydrogen-bond acceptors (Lipinski definition) is 1. The number of aryl methyl sites for hydroxylation is 1. The Labute approximate surface area is 55.7 Å². The summed E-state index contributed by atoms with van der Waals surface area (Å²) in [6, 6.07) is 7.07. The van der Waals surface area contributed by atoms with E-state index in [2.05, 4.69) is 0 Å². The molecule has 1 aromatic carbocycles. The molecule has 0 aliphatic heterocycles. The number of carbonyl (C=O) groups excluding carboxylic acids is 1. The third-order valence-electron chi connectivity index (χ3n) is 1.09. The molecule has 46 valence electrons. The van der Waals surface area contributed by atoms with Crippen LogP contribution >= 0.6 is 0 Å². The number of hydrogen-bond donors (Lipinski definition) is 0. The average molecular weight is 121 g/mol. The first-order chi connectivity index (χ1) is 4.86. The Hall–Kier alpha value is -1.11. The van der Waals surface area contributed by atoms with Gasteiger partial charge in [0.05, 0.1) is 0 Å². The predicted octanol–water partition coefficient (Wildman–Crippen LogP) is 1.81. The van der Waals surface area contributed by atoms with Crippen LogP contribution in [-0.2, 0) is 0 Å². The van der Waals surface area contributed by atoms with Crippen LogP contribution in [0.4, 0.5) is 0 Å². The lowest BCUT2D eigenvalue weighted by molar-refractivity contribution is 0.112. The second-order valence-corrected chi connectivity index (χ2v) is 1.86. The number of rotatable bonds is 1. The summed E-state index contributed by atoms with van der Waals surface area (Å²) < 4.78 is 7.00. The van der Waals surface area contributed by atoms with Gasteiger partial charge in [-0.3, -0.25) is 4.79 Å². The van der Waals surface area contributed by atoms with Crippen molar-refractivity contribution in [2.75, 3.05) is 0 Å². The molecule has 0 radical (unpaired) electrons. The lowest BCUT2D eigenvalue weighted by Gasteiger charge is -1.89. The minimum atomic E-state index is 0.238. The second kappa shape index (κ2) is 2.44. The van der Waals surface area contributed by atoms with Crippen LogP contribution in [0.25, 0.3) is 0 Å². The Kier molecular flexibility index (Phi) is 1.29. The van der Waals surface area contributed by atoms with Crippen LogP contribution in [-0.4, -0.2) is 6.29 Å². The van der Waals surface area contributed by atoms with Gasteiger partial charge in [-0.15, -0.1) is 0 Å². The number of carbonyl (C=O) groups is 1. The fraction of sp³-hybridized carbons (Fsp3) is 0.125. The highest BCUT2D eigenvalue weighted by Crippen LogP contribution is 1.99. The lowest BCUT2D eigenvalue weighted by Crippen LogP contribution is -1.78. The molecule has 0 N–H and O–H groups in total. The number of aldehydes is 1. The van der Waals surface area contributed by atoms with Crippen molar-refractivity contribution in [3.63, 3.8) is 0 Å². The topological polar surface area (TPSA) is 17.1 Å². The number of benzene rings is 1. The standard InChI is InChI=1S/C8H8O/c1-7-3-2-4-8(5-7)6-9/h2-6H,1H3/i1D. The van der Waals surface area contributed by atoms with Crippen LogP contribution in [0.3, 0.4) is 0 Å². The monoisotopic (exact) mass is 121 g/mol. The summed E-state index contributed by atoms with van der Waals surface area (Å²) >= 11 is 0. The second-order valence-electron chi connectivity index (χ2n) is 1.86. The molecule has 0 unspecified atom stereocenters.